The van der Waals surface area contributed by atoms with Gasteiger partial charge < -0.3 is 15.3 Å². The lowest BCUT2D eigenvalue weighted by molar-refractivity contribution is -0.148. The van der Waals surface area contributed by atoms with Crippen LogP contribution in [0.25, 0.3) is 0 Å². The van der Waals surface area contributed by atoms with Crippen LogP contribution in [-0.2, 0) is 4.79 Å². The van der Waals surface area contributed by atoms with Crippen molar-refractivity contribution in [3.05, 3.63) is 0 Å². The minimum Gasteiger partial charge on any atom is -0.480 e. The van der Waals surface area contributed by atoms with Gasteiger partial charge in [-0.05, 0) is 25.7 Å². The van der Waals surface area contributed by atoms with E-state index in [1.807, 2.05) is 6.92 Å². The van der Waals surface area contributed by atoms with Crippen molar-refractivity contribution in [1.82, 2.24) is 10.2 Å². The van der Waals surface area contributed by atoms with Gasteiger partial charge in [-0.2, -0.15) is 0 Å². The zero-order valence-electron chi connectivity index (χ0n) is 10.0. The summed E-state index contributed by atoms with van der Waals surface area (Å²) in [5.74, 6) is 1.44. The number of amides is 2. The van der Waals surface area contributed by atoms with Gasteiger partial charge in [0.1, 0.15) is 5.54 Å². The largest absolute Gasteiger partial charge is 0.480 e. The predicted molar refractivity (Wildman–Crippen MR) is 63.4 cm³/mol. The first-order valence-corrected chi connectivity index (χ1v) is 5.79. The van der Waals surface area contributed by atoms with Crippen molar-refractivity contribution in [2.24, 2.45) is 0 Å². The molecule has 2 N–H and O–H groups in total. The van der Waals surface area contributed by atoms with Gasteiger partial charge in [-0.15, -0.1) is 6.42 Å². The van der Waals surface area contributed by atoms with Gasteiger partial charge in [-0.3, -0.25) is 0 Å². The molecule has 0 aliphatic heterocycles. The van der Waals surface area contributed by atoms with E-state index in [1.54, 1.807) is 0 Å². The molecule has 2 amide bonds. The van der Waals surface area contributed by atoms with Crippen molar-refractivity contribution in [2.45, 2.75) is 38.1 Å². The van der Waals surface area contributed by atoms with E-state index in [2.05, 4.69) is 11.2 Å². The fourth-order valence-corrected chi connectivity index (χ4v) is 1.84. The summed E-state index contributed by atoms with van der Waals surface area (Å²) in [4.78, 5) is 24.5. The van der Waals surface area contributed by atoms with E-state index in [4.69, 9.17) is 11.5 Å². The Morgan fingerprint density at radius 3 is 2.53 bits per heavy atom. The van der Waals surface area contributed by atoms with Crippen LogP contribution < -0.4 is 5.32 Å². The minimum absolute atomic E-state index is 0.204. The number of carbonyl (C=O) groups is 2. The lowest BCUT2D eigenvalue weighted by Crippen LogP contribution is -2.61. The molecular weight excluding hydrogens is 220 g/mol. The highest BCUT2D eigenvalue weighted by atomic mass is 16.4. The van der Waals surface area contributed by atoms with Gasteiger partial charge in [-0.25, -0.2) is 9.59 Å². The van der Waals surface area contributed by atoms with Crippen LogP contribution in [0.4, 0.5) is 4.79 Å². The summed E-state index contributed by atoms with van der Waals surface area (Å²) in [6.07, 6.45) is 7.78. The van der Waals surface area contributed by atoms with Crippen molar-refractivity contribution in [3.8, 4) is 12.3 Å². The summed E-state index contributed by atoms with van der Waals surface area (Å²) in [5.41, 5.74) is -1.07. The van der Waals surface area contributed by atoms with E-state index in [-0.39, 0.29) is 12.6 Å². The molecule has 0 heterocycles. The van der Waals surface area contributed by atoms with Crippen LogP contribution in [0.3, 0.4) is 0 Å². The Labute approximate surface area is 101 Å². The molecule has 5 heteroatoms. The summed E-state index contributed by atoms with van der Waals surface area (Å²) in [5, 5.41) is 11.7. The van der Waals surface area contributed by atoms with E-state index in [1.165, 1.54) is 4.90 Å². The molecule has 0 aromatic heterocycles. The number of nitrogens with one attached hydrogen (secondary N) is 1. The van der Waals surface area contributed by atoms with Gasteiger partial charge in [0.2, 0.25) is 0 Å². The fourth-order valence-electron chi connectivity index (χ4n) is 1.84. The number of hydrogen-bond donors (Lipinski definition) is 2. The topological polar surface area (TPSA) is 69.6 Å². The summed E-state index contributed by atoms with van der Waals surface area (Å²) >= 11 is 0. The number of aliphatic carboxylic acids is 1. The van der Waals surface area contributed by atoms with Crippen molar-refractivity contribution >= 4 is 12.0 Å². The molecule has 0 bridgehead atoms. The normalized spacial score (nSPS) is 16.5. The number of carboxylic acids is 1. The molecule has 0 spiro atoms. The highest BCUT2D eigenvalue weighted by Gasteiger charge is 2.46. The quantitative estimate of drug-likeness (QED) is 0.703. The first-order chi connectivity index (χ1) is 8.05. The van der Waals surface area contributed by atoms with Gasteiger partial charge in [-0.1, -0.05) is 12.8 Å². The first kappa shape index (κ1) is 13.4. The number of terminal acetylenes is 1. The molecule has 0 aromatic carbocycles. The Hall–Kier alpha value is -1.70. The van der Waals surface area contributed by atoms with Crippen molar-refractivity contribution in [3.63, 3.8) is 0 Å². The van der Waals surface area contributed by atoms with Gasteiger partial charge in [0.05, 0.1) is 6.54 Å². The third-order valence-electron chi connectivity index (χ3n) is 3.03. The third-order valence-corrected chi connectivity index (χ3v) is 3.03. The second-order valence-electron chi connectivity index (χ2n) is 4.30. The number of urea groups is 1. The Morgan fingerprint density at radius 1 is 1.53 bits per heavy atom. The number of hydrogen-bond acceptors (Lipinski definition) is 2. The van der Waals surface area contributed by atoms with E-state index < -0.39 is 11.5 Å². The Morgan fingerprint density at radius 2 is 2.18 bits per heavy atom. The maximum absolute atomic E-state index is 11.9. The van der Waals surface area contributed by atoms with Gasteiger partial charge in [0, 0.05) is 6.54 Å². The molecule has 5 nitrogen and oxygen atoms in total. The third kappa shape index (κ3) is 2.90. The van der Waals surface area contributed by atoms with Crippen LogP contribution in [-0.4, -0.2) is 40.6 Å². The summed E-state index contributed by atoms with van der Waals surface area (Å²) in [6, 6.07) is -0.382. The summed E-state index contributed by atoms with van der Waals surface area (Å²) in [7, 11) is 0. The Bertz CT molecular complexity index is 342. The number of nitrogens with zero attached hydrogens (tertiary/aromatic N) is 1. The summed E-state index contributed by atoms with van der Waals surface area (Å²) < 4.78 is 0. The standard InChI is InChI=1S/C12H18N2O3/c1-3-8-14(9-4-2)11(17)13-12(10(15)16)6-5-7-12/h1H,4-9H2,2H3,(H,13,17)(H,15,16). The zero-order valence-corrected chi connectivity index (χ0v) is 10.0. The van der Waals surface area contributed by atoms with Crippen molar-refractivity contribution in [1.29, 1.82) is 0 Å². The van der Waals surface area contributed by atoms with Gasteiger partial charge >= 0.3 is 12.0 Å². The Balaban J connectivity index is 2.63. The molecule has 17 heavy (non-hydrogen) atoms. The summed E-state index contributed by atoms with van der Waals surface area (Å²) in [6.45, 7) is 2.67. The van der Waals surface area contributed by atoms with E-state index in [9.17, 15) is 9.59 Å². The van der Waals surface area contributed by atoms with E-state index in [0.29, 0.717) is 19.4 Å². The van der Waals surface area contributed by atoms with Crippen molar-refractivity contribution in [2.75, 3.05) is 13.1 Å². The average molecular weight is 238 g/mol. The molecule has 0 radical (unpaired) electrons. The predicted octanol–water partition coefficient (Wildman–Crippen LogP) is 1.05. The molecule has 1 aliphatic carbocycles. The van der Waals surface area contributed by atoms with Gasteiger partial charge in [0.15, 0.2) is 0 Å². The molecule has 0 unspecified atom stereocenters. The smallest absolute Gasteiger partial charge is 0.329 e. The molecule has 1 saturated carbocycles. The molecule has 0 atom stereocenters. The molecule has 0 saturated heterocycles. The van der Waals surface area contributed by atoms with Crippen LogP contribution in [0.15, 0.2) is 0 Å². The lowest BCUT2D eigenvalue weighted by atomic mass is 9.77. The molecular formula is C12H18N2O3. The maximum atomic E-state index is 11.9. The second-order valence-corrected chi connectivity index (χ2v) is 4.30. The van der Waals surface area contributed by atoms with Crippen LogP contribution >= 0.6 is 0 Å². The van der Waals surface area contributed by atoms with Crippen LogP contribution in [0.5, 0.6) is 0 Å². The lowest BCUT2D eigenvalue weighted by Gasteiger charge is -2.39. The number of rotatable bonds is 5. The molecule has 0 aromatic rings. The SMILES string of the molecule is C#CCN(CCC)C(=O)NC1(C(=O)O)CCC1. The van der Waals surface area contributed by atoms with Gasteiger partial charge in [0.25, 0.3) is 0 Å². The highest BCUT2D eigenvalue weighted by molar-refractivity contribution is 5.87. The van der Waals surface area contributed by atoms with Crippen LogP contribution in [0.1, 0.15) is 32.6 Å². The van der Waals surface area contributed by atoms with E-state index >= 15 is 0 Å². The fraction of sp³-hybridized carbons (Fsp3) is 0.667. The molecule has 1 fully saturated rings. The van der Waals surface area contributed by atoms with Crippen LogP contribution in [0, 0.1) is 12.3 Å². The monoisotopic (exact) mass is 238 g/mol. The second kappa shape index (κ2) is 5.58. The van der Waals surface area contributed by atoms with Crippen molar-refractivity contribution < 1.29 is 14.7 Å². The Kier molecular flexibility index (Phi) is 4.38. The number of carbonyl (C=O) groups excluding carboxylic acids is 1. The van der Waals surface area contributed by atoms with Crippen LogP contribution in [0.2, 0.25) is 0 Å². The molecule has 94 valence electrons. The van der Waals surface area contributed by atoms with E-state index in [0.717, 1.165) is 12.8 Å². The molecule has 1 rings (SSSR count). The zero-order chi connectivity index (χ0) is 12.9. The minimum atomic E-state index is -1.07. The first-order valence-electron chi connectivity index (χ1n) is 5.79. The highest BCUT2D eigenvalue weighted by Crippen LogP contribution is 2.32. The maximum Gasteiger partial charge on any atom is 0.329 e. The number of carboxylic acid groups (broad SMARTS) is 1. The molecule has 1 aliphatic rings. The average Bonchev–Trinajstić information content (AvgIpc) is 2.22.